The highest BCUT2D eigenvalue weighted by molar-refractivity contribution is 7.99. The maximum Gasteiger partial charge on any atom is 0.196 e. The second-order valence-corrected chi connectivity index (χ2v) is 9.57. The molecule has 0 saturated heterocycles. The van der Waals surface area contributed by atoms with E-state index in [9.17, 15) is 4.79 Å². The van der Waals surface area contributed by atoms with Crippen LogP contribution in [0.5, 0.6) is 0 Å². The van der Waals surface area contributed by atoms with Gasteiger partial charge < -0.3 is 0 Å². The molecule has 31 heavy (non-hydrogen) atoms. The van der Waals surface area contributed by atoms with Crippen LogP contribution in [0.1, 0.15) is 53.1 Å². The minimum absolute atomic E-state index is 0.0638. The van der Waals surface area contributed by atoms with Gasteiger partial charge in [0.2, 0.25) is 0 Å². The molecular weight excluding hydrogens is 428 g/mol. The van der Waals surface area contributed by atoms with Crippen LogP contribution in [0.25, 0.3) is 5.69 Å². The molecule has 1 aliphatic rings. The van der Waals surface area contributed by atoms with Crippen molar-refractivity contribution in [2.75, 3.05) is 19.8 Å². The first-order valence-corrected chi connectivity index (χ1v) is 12.0. The Morgan fingerprint density at radius 2 is 1.81 bits per heavy atom. The lowest BCUT2D eigenvalue weighted by atomic mass is 9.90. The molecule has 3 aromatic rings. The van der Waals surface area contributed by atoms with Gasteiger partial charge >= 0.3 is 0 Å². The summed E-state index contributed by atoms with van der Waals surface area (Å²) in [5.41, 5.74) is 4.43. The summed E-state index contributed by atoms with van der Waals surface area (Å²) in [7, 11) is 4.02. The lowest BCUT2D eigenvalue weighted by Gasteiger charge is -2.20. The number of hydrogen-bond donors (Lipinski definition) is 0. The van der Waals surface area contributed by atoms with Gasteiger partial charge in [0.25, 0.3) is 0 Å². The summed E-state index contributed by atoms with van der Waals surface area (Å²) in [5, 5.41) is 10.3. The molecule has 1 aliphatic carbocycles. The van der Waals surface area contributed by atoms with Crippen molar-refractivity contribution in [1.82, 2.24) is 19.7 Å². The maximum absolute atomic E-state index is 12.9. The third kappa shape index (κ3) is 4.86. The molecule has 0 saturated carbocycles. The minimum atomic E-state index is 0.0638. The number of aromatic nitrogens is 3. The topological polar surface area (TPSA) is 51.0 Å². The molecule has 7 heteroatoms. The summed E-state index contributed by atoms with van der Waals surface area (Å²) >= 11 is 7.51. The Bertz CT molecular complexity index is 1080. The van der Waals surface area contributed by atoms with Crippen molar-refractivity contribution in [2.24, 2.45) is 0 Å². The lowest BCUT2D eigenvalue weighted by molar-refractivity contribution is 0.102. The van der Waals surface area contributed by atoms with Gasteiger partial charge in [0.15, 0.2) is 16.8 Å². The number of benzene rings is 2. The summed E-state index contributed by atoms with van der Waals surface area (Å²) in [6.07, 6.45) is 4.64. The molecular formula is C24H27ClN4OS. The molecule has 2 aromatic carbocycles. The van der Waals surface area contributed by atoms with Gasteiger partial charge in [0.1, 0.15) is 0 Å². The van der Waals surface area contributed by atoms with Crippen molar-refractivity contribution in [3.8, 4) is 5.69 Å². The molecule has 1 aromatic heterocycles. The van der Waals surface area contributed by atoms with E-state index in [-0.39, 0.29) is 11.8 Å². The zero-order valence-corrected chi connectivity index (χ0v) is 19.7. The Morgan fingerprint density at radius 1 is 1.10 bits per heavy atom. The summed E-state index contributed by atoms with van der Waals surface area (Å²) in [6, 6.07) is 13.9. The van der Waals surface area contributed by atoms with Crippen molar-refractivity contribution < 1.29 is 4.79 Å². The SMILES string of the molecule is CC(c1nnc(SCC(=O)c2ccc3c(c2)CCCC3)n1-c1ccc(Cl)cc1)N(C)C. The van der Waals surface area contributed by atoms with Crippen LogP contribution in [-0.4, -0.2) is 45.3 Å². The Labute approximate surface area is 192 Å². The molecule has 5 nitrogen and oxygen atoms in total. The van der Waals surface area contributed by atoms with Crippen LogP contribution in [0.3, 0.4) is 0 Å². The largest absolute Gasteiger partial charge is 0.300 e. The van der Waals surface area contributed by atoms with Crippen LogP contribution in [0.15, 0.2) is 47.6 Å². The molecule has 1 atom stereocenters. The molecule has 162 valence electrons. The van der Waals surface area contributed by atoms with E-state index in [0.29, 0.717) is 15.9 Å². The van der Waals surface area contributed by atoms with Crippen molar-refractivity contribution in [3.63, 3.8) is 0 Å². The van der Waals surface area contributed by atoms with E-state index in [1.54, 1.807) is 0 Å². The molecule has 4 rings (SSSR count). The molecule has 0 radical (unpaired) electrons. The van der Waals surface area contributed by atoms with Gasteiger partial charge in [-0.15, -0.1) is 10.2 Å². The minimum Gasteiger partial charge on any atom is -0.300 e. The highest BCUT2D eigenvalue weighted by atomic mass is 35.5. The molecule has 0 fully saturated rings. The van der Waals surface area contributed by atoms with Crippen molar-refractivity contribution in [2.45, 2.75) is 43.8 Å². The normalized spacial score (nSPS) is 14.5. The highest BCUT2D eigenvalue weighted by Crippen LogP contribution is 2.29. The van der Waals surface area contributed by atoms with Crippen LogP contribution in [0, 0.1) is 0 Å². The van der Waals surface area contributed by atoms with Crippen molar-refractivity contribution in [3.05, 3.63) is 70.0 Å². The number of rotatable bonds is 7. The van der Waals surface area contributed by atoms with E-state index < -0.39 is 0 Å². The van der Waals surface area contributed by atoms with E-state index in [2.05, 4.69) is 34.2 Å². The summed E-state index contributed by atoms with van der Waals surface area (Å²) < 4.78 is 2.02. The van der Waals surface area contributed by atoms with Crippen molar-refractivity contribution in [1.29, 1.82) is 0 Å². The van der Waals surface area contributed by atoms with Gasteiger partial charge in [-0.25, -0.2) is 0 Å². The molecule has 0 bridgehead atoms. The number of nitrogens with zero attached hydrogens (tertiary/aromatic N) is 4. The number of carbonyl (C=O) groups excluding carboxylic acids is 1. The first-order valence-electron chi connectivity index (χ1n) is 10.6. The molecule has 0 spiro atoms. The summed E-state index contributed by atoms with van der Waals surface area (Å²) in [4.78, 5) is 15.0. The van der Waals surface area contributed by atoms with Gasteiger partial charge in [-0.1, -0.05) is 35.5 Å². The number of carbonyl (C=O) groups is 1. The Balaban J connectivity index is 1.58. The third-order valence-corrected chi connectivity index (χ3v) is 7.08. The standard InChI is InChI=1S/C24H27ClN4OS/c1-16(28(2)3)23-26-27-24(29(23)21-12-10-20(25)11-13-21)31-15-22(30)19-9-8-17-6-4-5-7-18(17)14-19/h8-14,16H,4-7,15H2,1-3H3. The second kappa shape index (κ2) is 9.55. The summed E-state index contributed by atoms with van der Waals surface area (Å²) in [5.74, 6) is 1.27. The number of aryl methyl sites for hydroxylation is 2. The fourth-order valence-corrected chi connectivity index (χ4v) is 4.81. The van der Waals surface area contributed by atoms with Gasteiger partial charge in [-0.05, 0) is 88.2 Å². The van der Waals surface area contributed by atoms with E-state index in [1.807, 2.05) is 49.0 Å². The molecule has 1 unspecified atom stereocenters. The Kier molecular flexibility index (Phi) is 6.80. The van der Waals surface area contributed by atoms with Gasteiger partial charge in [-0.3, -0.25) is 14.3 Å². The molecule has 0 amide bonds. The highest BCUT2D eigenvalue weighted by Gasteiger charge is 2.22. The Hall–Kier alpha value is -2.15. The predicted octanol–water partition coefficient (Wildman–Crippen LogP) is 5.40. The fraction of sp³-hybridized carbons (Fsp3) is 0.375. The lowest BCUT2D eigenvalue weighted by Crippen LogP contribution is -2.20. The van der Waals surface area contributed by atoms with Crippen LogP contribution in [0.2, 0.25) is 5.02 Å². The van der Waals surface area contributed by atoms with Crippen LogP contribution < -0.4 is 0 Å². The average Bonchev–Trinajstić information content (AvgIpc) is 3.20. The average molecular weight is 455 g/mol. The van der Waals surface area contributed by atoms with E-state index >= 15 is 0 Å². The van der Waals surface area contributed by atoms with E-state index in [1.165, 1.54) is 35.7 Å². The van der Waals surface area contributed by atoms with Crippen LogP contribution in [0.4, 0.5) is 0 Å². The molecule has 0 N–H and O–H groups in total. The number of fused-ring (bicyclic) bond motifs is 1. The van der Waals surface area contributed by atoms with Gasteiger partial charge in [0.05, 0.1) is 11.8 Å². The fourth-order valence-electron chi connectivity index (χ4n) is 3.83. The second-order valence-electron chi connectivity index (χ2n) is 8.19. The van der Waals surface area contributed by atoms with E-state index in [0.717, 1.165) is 29.9 Å². The van der Waals surface area contributed by atoms with Crippen molar-refractivity contribution >= 4 is 29.1 Å². The monoisotopic (exact) mass is 454 g/mol. The summed E-state index contributed by atoms with van der Waals surface area (Å²) in [6.45, 7) is 2.09. The zero-order valence-electron chi connectivity index (χ0n) is 18.1. The molecule has 0 aliphatic heterocycles. The quantitative estimate of drug-likeness (QED) is 0.353. The number of ketones is 1. The van der Waals surface area contributed by atoms with Gasteiger partial charge in [-0.2, -0.15) is 0 Å². The number of halogens is 1. The number of hydrogen-bond acceptors (Lipinski definition) is 5. The van der Waals surface area contributed by atoms with E-state index in [4.69, 9.17) is 11.6 Å². The maximum atomic E-state index is 12.9. The Morgan fingerprint density at radius 3 is 2.52 bits per heavy atom. The zero-order chi connectivity index (χ0) is 22.0. The number of thioether (sulfide) groups is 1. The number of Topliss-reactive ketones (excluding diaryl/α,β-unsaturated/α-hetero) is 1. The third-order valence-electron chi connectivity index (χ3n) is 5.89. The van der Waals surface area contributed by atoms with Crippen LogP contribution >= 0.6 is 23.4 Å². The van der Waals surface area contributed by atoms with Gasteiger partial charge in [0, 0.05) is 16.3 Å². The first-order chi connectivity index (χ1) is 14.9. The smallest absolute Gasteiger partial charge is 0.196 e. The van der Waals surface area contributed by atoms with Crippen LogP contribution in [-0.2, 0) is 12.8 Å². The molecule has 1 heterocycles. The first kappa shape index (κ1) is 22.1. The predicted molar refractivity (Wildman–Crippen MR) is 127 cm³/mol.